The molecular formula is C13H11ClN2OS. The number of rotatable bonds is 3. The van der Waals surface area contributed by atoms with Crippen LogP contribution < -0.4 is 0 Å². The van der Waals surface area contributed by atoms with Crippen molar-refractivity contribution >= 4 is 34.4 Å². The molecule has 1 aliphatic rings. The molecule has 0 saturated carbocycles. The van der Waals surface area contributed by atoms with Crippen LogP contribution in [0.3, 0.4) is 0 Å². The highest BCUT2D eigenvalue weighted by molar-refractivity contribution is 7.81. The third-order valence-corrected chi connectivity index (χ3v) is 3.38. The molecule has 0 radical (unpaired) electrons. The van der Waals surface area contributed by atoms with Crippen LogP contribution in [0.2, 0.25) is 5.02 Å². The Balaban J connectivity index is 2.23. The first-order valence-corrected chi connectivity index (χ1v) is 6.31. The minimum Gasteiger partial charge on any atom is -0.374 e. The van der Waals surface area contributed by atoms with E-state index in [1.165, 1.54) is 0 Å². The molecule has 0 fully saturated rings. The van der Waals surface area contributed by atoms with Crippen LogP contribution in [0.25, 0.3) is 0 Å². The molecule has 1 aliphatic heterocycles. The summed E-state index contributed by atoms with van der Waals surface area (Å²) in [5.41, 5.74) is 1.54. The van der Waals surface area contributed by atoms with Gasteiger partial charge in [-0.05, 0) is 17.7 Å². The van der Waals surface area contributed by atoms with Crippen molar-refractivity contribution in [3.05, 3.63) is 34.9 Å². The molecule has 2 rings (SSSR count). The van der Waals surface area contributed by atoms with Crippen molar-refractivity contribution in [1.82, 2.24) is 0 Å². The lowest BCUT2D eigenvalue weighted by molar-refractivity contribution is 0.169. The van der Waals surface area contributed by atoms with E-state index in [-0.39, 0.29) is 0 Å². The largest absolute Gasteiger partial charge is 0.374 e. The zero-order chi connectivity index (χ0) is 13.0. The van der Waals surface area contributed by atoms with Gasteiger partial charge in [-0.15, -0.1) is 0 Å². The summed E-state index contributed by atoms with van der Waals surface area (Å²) in [6.07, 6.45) is 0. The minimum absolute atomic E-state index is 0.381. The van der Waals surface area contributed by atoms with Crippen molar-refractivity contribution in [3.8, 4) is 6.07 Å². The molecule has 1 aromatic carbocycles. The third kappa shape index (κ3) is 2.94. The molecule has 3 nitrogen and oxygen atoms in total. The molecule has 92 valence electrons. The summed E-state index contributed by atoms with van der Waals surface area (Å²) in [4.78, 5) is 4.89. The highest BCUT2D eigenvalue weighted by Gasteiger charge is 2.23. The van der Waals surface area contributed by atoms with Crippen molar-refractivity contribution < 1.29 is 4.74 Å². The molecule has 5 heteroatoms. The topological polar surface area (TPSA) is 45.4 Å². The first kappa shape index (κ1) is 13.2. The quantitative estimate of drug-likeness (QED) is 0.631. The second-order valence-electron chi connectivity index (χ2n) is 3.86. The number of hydrogen-bond acceptors (Lipinski definition) is 4. The molecule has 1 heterocycles. The van der Waals surface area contributed by atoms with E-state index in [0.717, 1.165) is 5.56 Å². The van der Waals surface area contributed by atoms with Gasteiger partial charge in [0.15, 0.2) is 0 Å². The van der Waals surface area contributed by atoms with Gasteiger partial charge in [0.1, 0.15) is 5.92 Å². The van der Waals surface area contributed by atoms with Gasteiger partial charge in [0.25, 0.3) is 0 Å². The Kier molecular flexibility index (Phi) is 4.43. The normalized spacial score (nSPS) is 16.6. The second kappa shape index (κ2) is 6.05. The van der Waals surface area contributed by atoms with Crippen molar-refractivity contribution in [2.75, 3.05) is 19.8 Å². The Morgan fingerprint density at radius 1 is 1.44 bits per heavy atom. The summed E-state index contributed by atoms with van der Waals surface area (Å²) in [6, 6.07) is 9.36. The Morgan fingerprint density at radius 3 is 2.72 bits per heavy atom. The van der Waals surface area contributed by atoms with Crippen molar-refractivity contribution in [2.24, 2.45) is 10.9 Å². The summed E-state index contributed by atoms with van der Waals surface area (Å²) in [5, 5.41) is 9.91. The molecule has 1 aromatic rings. The predicted molar refractivity (Wildman–Crippen MR) is 75.4 cm³/mol. The first-order chi connectivity index (χ1) is 8.72. The zero-order valence-corrected chi connectivity index (χ0v) is 11.2. The summed E-state index contributed by atoms with van der Waals surface area (Å²) >= 11 is 11.2. The molecule has 0 aliphatic carbocycles. The Labute approximate surface area is 116 Å². The van der Waals surface area contributed by atoms with Crippen LogP contribution >= 0.6 is 23.8 Å². The van der Waals surface area contributed by atoms with Gasteiger partial charge in [-0.3, -0.25) is 4.99 Å². The van der Waals surface area contributed by atoms with Crippen LogP contribution in [0.5, 0.6) is 0 Å². The lowest BCUT2D eigenvalue weighted by Crippen LogP contribution is -2.29. The highest BCUT2D eigenvalue weighted by atomic mass is 35.5. The van der Waals surface area contributed by atoms with Crippen molar-refractivity contribution in [2.45, 2.75) is 0 Å². The van der Waals surface area contributed by atoms with E-state index in [2.05, 4.69) is 11.1 Å². The molecule has 18 heavy (non-hydrogen) atoms. The van der Waals surface area contributed by atoms with E-state index < -0.39 is 5.92 Å². The maximum absolute atomic E-state index is 9.26. The molecule has 0 bridgehead atoms. The van der Waals surface area contributed by atoms with E-state index in [1.807, 2.05) is 12.1 Å². The number of nitriles is 1. The summed E-state index contributed by atoms with van der Waals surface area (Å²) in [7, 11) is 0. The number of benzene rings is 1. The van der Waals surface area contributed by atoms with E-state index >= 15 is 0 Å². The fourth-order valence-corrected chi connectivity index (χ4v) is 2.17. The lowest BCUT2D eigenvalue weighted by atomic mass is 9.95. The Hall–Kier alpha value is -1.28. The van der Waals surface area contributed by atoms with Gasteiger partial charge in [-0.2, -0.15) is 5.26 Å². The molecule has 0 spiro atoms. The zero-order valence-electron chi connectivity index (χ0n) is 9.60. The van der Waals surface area contributed by atoms with E-state index in [4.69, 9.17) is 28.6 Å². The van der Waals surface area contributed by atoms with Gasteiger partial charge in [0.2, 0.25) is 0 Å². The summed E-state index contributed by atoms with van der Waals surface area (Å²) < 4.78 is 5.31. The van der Waals surface area contributed by atoms with Crippen LogP contribution in [0.1, 0.15) is 5.56 Å². The number of hydrogen-bond donors (Lipinski definition) is 0. The molecule has 0 aromatic heterocycles. The van der Waals surface area contributed by atoms with E-state index in [1.54, 1.807) is 12.1 Å². The highest BCUT2D eigenvalue weighted by Crippen LogP contribution is 2.16. The lowest BCUT2D eigenvalue weighted by Gasteiger charge is -2.18. The van der Waals surface area contributed by atoms with Gasteiger partial charge in [-0.1, -0.05) is 36.0 Å². The van der Waals surface area contributed by atoms with Crippen LogP contribution in [-0.4, -0.2) is 30.3 Å². The molecular weight excluding hydrogens is 268 g/mol. The van der Waals surface area contributed by atoms with Crippen LogP contribution in [-0.2, 0) is 4.74 Å². The van der Waals surface area contributed by atoms with Crippen molar-refractivity contribution in [3.63, 3.8) is 0 Å². The first-order valence-electron chi connectivity index (χ1n) is 5.52. The fraction of sp³-hybridized carbons (Fsp3) is 0.308. The maximum atomic E-state index is 9.26. The molecule has 0 saturated heterocycles. The number of thiocarbonyl (C=S) groups is 1. The fourth-order valence-electron chi connectivity index (χ4n) is 1.72. The van der Waals surface area contributed by atoms with Crippen molar-refractivity contribution in [1.29, 1.82) is 5.26 Å². The smallest absolute Gasteiger partial charge is 0.122 e. The van der Waals surface area contributed by atoms with Crippen LogP contribution in [0.15, 0.2) is 29.3 Å². The van der Waals surface area contributed by atoms with Gasteiger partial charge in [0, 0.05) is 9.89 Å². The van der Waals surface area contributed by atoms with E-state index in [9.17, 15) is 5.26 Å². The summed E-state index contributed by atoms with van der Waals surface area (Å²) in [5.74, 6) is -0.499. The Bertz CT molecular complexity index is 519. The molecule has 0 N–H and O–H groups in total. The maximum Gasteiger partial charge on any atom is 0.122 e. The van der Waals surface area contributed by atoms with Gasteiger partial charge in [-0.25, -0.2) is 0 Å². The third-order valence-electron chi connectivity index (χ3n) is 2.65. The minimum atomic E-state index is -0.499. The average Bonchev–Trinajstić information content (AvgIpc) is 2.41. The Morgan fingerprint density at radius 2 is 2.17 bits per heavy atom. The molecule has 1 unspecified atom stereocenters. The van der Waals surface area contributed by atoms with Gasteiger partial charge in [0.05, 0.1) is 31.5 Å². The molecule has 1 atom stereocenters. The van der Waals surface area contributed by atoms with Gasteiger partial charge >= 0.3 is 0 Å². The number of ether oxygens (including phenoxy) is 1. The monoisotopic (exact) mass is 278 g/mol. The predicted octanol–water partition coefficient (Wildman–Crippen LogP) is 2.67. The SMILES string of the molecule is N#CC(C(=S)c1ccc(Cl)cc1)C1=NCCOC1. The number of nitrogens with zero attached hydrogens (tertiary/aromatic N) is 2. The van der Waals surface area contributed by atoms with Crippen LogP contribution in [0, 0.1) is 17.2 Å². The van der Waals surface area contributed by atoms with E-state index in [0.29, 0.717) is 35.4 Å². The van der Waals surface area contributed by atoms with Crippen LogP contribution in [0.4, 0.5) is 0 Å². The standard InChI is InChI=1S/C13H11ClN2OS/c14-10-3-1-9(2-4-10)13(18)11(7-15)12-8-17-6-5-16-12/h1-4,11H,5-6,8H2. The summed E-state index contributed by atoms with van der Waals surface area (Å²) in [6.45, 7) is 1.58. The molecule has 0 amide bonds. The number of halogens is 1. The average molecular weight is 279 g/mol. The second-order valence-corrected chi connectivity index (χ2v) is 4.74. The van der Waals surface area contributed by atoms with Gasteiger partial charge < -0.3 is 4.74 Å². The number of aliphatic imine (C=N–C) groups is 1.